The van der Waals surface area contributed by atoms with E-state index in [0.29, 0.717) is 22.6 Å². The van der Waals surface area contributed by atoms with Gasteiger partial charge >= 0.3 is 11.6 Å². The van der Waals surface area contributed by atoms with Crippen LogP contribution in [0.3, 0.4) is 0 Å². The third kappa shape index (κ3) is 3.95. The molecule has 0 atom stereocenters. The first-order valence-electron chi connectivity index (χ1n) is 9.08. The summed E-state index contributed by atoms with van der Waals surface area (Å²) >= 11 is 0. The highest BCUT2D eigenvalue weighted by atomic mass is 16.5. The molecule has 0 saturated heterocycles. The van der Waals surface area contributed by atoms with Crippen molar-refractivity contribution in [1.82, 2.24) is 0 Å². The molecule has 3 rings (SSSR count). The summed E-state index contributed by atoms with van der Waals surface area (Å²) in [5.41, 5.74) is 5.47. The number of aryl methyl sites for hydroxylation is 3. The van der Waals surface area contributed by atoms with Crippen LogP contribution >= 0.6 is 0 Å². The molecule has 0 fully saturated rings. The Morgan fingerprint density at radius 3 is 2.44 bits per heavy atom. The third-order valence-electron chi connectivity index (χ3n) is 4.80. The van der Waals surface area contributed by atoms with Gasteiger partial charge in [-0.05, 0) is 61.6 Å². The molecule has 2 aromatic carbocycles. The number of ether oxygens (including phenoxy) is 1. The maximum absolute atomic E-state index is 12.5. The molecule has 0 spiro atoms. The molecule has 0 aliphatic rings. The summed E-state index contributed by atoms with van der Waals surface area (Å²) in [6.07, 6.45) is 0. The van der Waals surface area contributed by atoms with Gasteiger partial charge in [0.25, 0.3) is 0 Å². The number of benzene rings is 2. The van der Waals surface area contributed by atoms with Crippen LogP contribution in [0, 0.1) is 20.8 Å². The molecule has 0 bridgehead atoms. The fourth-order valence-corrected chi connectivity index (χ4v) is 3.40. The van der Waals surface area contributed by atoms with Gasteiger partial charge in [-0.2, -0.15) is 0 Å². The van der Waals surface area contributed by atoms with Gasteiger partial charge < -0.3 is 9.15 Å². The van der Waals surface area contributed by atoms with E-state index in [1.54, 1.807) is 6.07 Å². The van der Waals surface area contributed by atoms with E-state index >= 15 is 0 Å². The summed E-state index contributed by atoms with van der Waals surface area (Å²) in [4.78, 5) is 24.4. The molecule has 0 unspecified atom stereocenters. The molecule has 3 aromatic rings. The largest absolute Gasteiger partial charge is 0.457 e. The summed E-state index contributed by atoms with van der Waals surface area (Å²) < 4.78 is 10.9. The first kappa shape index (κ1) is 18.9. The molecule has 0 aliphatic heterocycles. The lowest BCUT2D eigenvalue weighted by Gasteiger charge is -2.13. The second kappa shape index (κ2) is 7.39. The van der Waals surface area contributed by atoms with E-state index in [2.05, 4.69) is 13.8 Å². The zero-order chi connectivity index (χ0) is 19.7. The molecule has 0 N–H and O–H groups in total. The molecular weight excluding hydrogens is 340 g/mol. The number of carbonyl (C=O) groups excluding carboxylic acids is 1. The van der Waals surface area contributed by atoms with Gasteiger partial charge in [0.05, 0.1) is 5.56 Å². The van der Waals surface area contributed by atoms with Crippen molar-refractivity contribution in [2.45, 2.75) is 47.1 Å². The average Bonchev–Trinajstić information content (AvgIpc) is 2.58. The van der Waals surface area contributed by atoms with Crippen molar-refractivity contribution in [2.75, 3.05) is 0 Å². The molecule has 1 heterocycles. The highest BCUT2D eigenvalue weighted by Gasteiger charge is 2.15. The van der Waals surface area contributed by atoms with Crippen molar-refractivity contribution in [3.8, 4) is 0 Å². The third-order valence-corrected chi connectivity index (χ3v) is 4.80. The first-order chi connectivity index (χ1) is 12.8. The van der Waals surface area contributed by atoms with Crippen LogP contribution in [0.5, 0.6) is 0 Å². The van der Waals surface area contributed by atoms with Crippen LogP contribution in [0.25, 0.3) is 11.0 Å². The fourth-order valence-electron chi connectivity index (χ4n) is 3.40. The minimum atomic E-state index is -0.447. The normalized spacial score (nSPS) is 11.2. The van der Waals surface area contributed by atoms with Crippen LogP contribution in [-0.2, 0) is 11.3 Å². The van der Waals surface area contributed by atoms with Crippen molar-refractivity contribution < 1.29 is 13.9 Å². The van der Waals surface area contributed by atoms with Crippen LogP contribution < -0.4 is 5.63 Å². The maximum atomic E-state index is 12.5. The second-order valence-corrected chi connectivity index (χ2v) is 7.34. The zero-order valence-electron chi connectivity index (χ0n) is 16.4. The van der Waals surface area contributed by atoms with Gasteiger partial charge in [0.1, 0.15) is 12.2 Å². The van der Waals surface area contributed by atoms with Crippen LogP contribution in [0.2, 0.25) is 0 Å². The Bertz CT molecular complexity index is 1070. The van der Waals surface area contributed by atoms with Gasteiger partial charge in [0.15, 0.2) is 0 Å². The van der Waals surface area contributed by atoms with Crippen LogP contribution in [0.1, 0.15) is 57.9 Å². The van der Waals surface area contributed by atoms with Crippen LogP contribution in [0.4, 0.5) is 0 Å². The van der Waals surface area contributed by atoms with Crippen LogP contribution in [0.15, 0.2) is 45.6 Å². The lowest BCUT2D eigenvalue weighted by Crippen LogP contribution is -2.09. The summed E-state index contributed by atoms with van der Waals surface area (Å²) in [5, 5.41) is 0.803. The molecule has 4 nitrogen and oxygen atoms in total. The summed E-state index contributed by atoms with van der Waals surface area (Å²) in [6, 6.07) is 10.9. The Kier molecular flexibility index (Phi) is 5.17. The lowest BCUT2D eigenvalue weighted by atomic mass is 9.95. The predicted octanol–water partition coefficient (Wildman–Crippen LogP) is 5.20. The van der Waals surface area contributed by atoms with Crippen LogP contribution in [-0.4, -0.2) is 5.97 Å². The van der Waals surface area contributed by atoms with Gasteiger partial charge in [-0.1, -0.05) is 31.5 Å². The van der Waals surface area contributed by atoms with Crippen molar-refractivity contribution in [3.05, 3.63) is 80.2 Å². The molecule has 0 aliphatic carbocycles. The molecule has 140 valence electrons. The van der Waals surface area contributed by atoms with Crippen molar-refractivity contribution in [1.29, 1.82) is 0 Å². The maximum Gasteiger partial charge on any atom is 0.338 e. The summed E-state index contributed by atoms with van der Waals surface area (Å²) in [5.74, 6) is -0.0583. The quantitative estimate of drug-likeness (QED) is 0.472. The van der Waals surface area contributed by atoms with Crippen molar-refractivity contribution in [2.24, 2.45) is 0 Å². The average molecular weight is 364 g/mol. The Labute approximate surface area is 158 Å². The standard InChI is InChI=1S/C23H24O4/c1-13(2)19-11-20-17(10-22(24)27-21(20)9-16(19)5)12-26-23(25)18-7-6-14(3)8-15(18)4/h6-11,13H,12H2,1-5H3. The Hall–Kier alpha value is -2.88. The van der Waals surface area contributed by atoms with Gasteiger partial charge in [0.2, 0.25) is 0 Å². The Balaban J connectivity index is 1.95. The Morgan fingerprint density at radius 1 is 1.04 bits per heavy atom. The van der Waals surface area contributed by atoms with E-state index in [4.69, 9.17) is 9.15 Å². The van der Waals surface area contributed by atoms with E-state index in [0.717, 1.165) is 22.1 Å². The molecule has 27 heavy (non-hydrogen) atoms. The van der Waals surface area contributed by atoms with E-state index in [1.165, 1.54) is 11.6 Å². The zero-order valence-corrected chi connectivity index (χ0v) is 16.4. The molecule has 0 amide bonds. The minimum absolute atomic E-state index is 0.0227. The number of rotatable bonds is 4. The summed E-state index contributed by atoms with van der Waals surface area (Å²) in [6.45, 7) is 10.1. The molecular formula is C23H24O4. The molecule has 0 radical (unpaired) electrons. The minimum Gasteiger partial charge on any atom is -0.457 e. The molecule has 1 aromatic heterocycles. The van der Waals surface area contributed by atoms with Crippen molar-refractivity contribution >= 4 is 16.9 Å². The first-order valence-corrected chi connectivity index (χ1v) is 9.08. The summed E-state index contributed by atoms with van der Waals surface area (Å²) in [7, 11) is 0. The van der Waals surface area contributed by atoms with Gasteiger partial charge in [0, 0.05) is 17.0 Å². The van der Waals surface area contributed by atoms with E-state index in [1.807, 2.05) is 45.0 Å². The Morgan fingerprint density at radius 2 is 1.78 bits per heavy atom. The fraction of sp³-hybridized carbons (Fsp3) is 0.304. The van der Waals surface area contributed by atoms with E-state index in [9.17, 15) is 9.59 Å². The van der Waals surface area contributed by atoms with Gasteiger partial charge in [-0.25, -0.2) is 9.59 Å². The number of fused-ring (bicyclic) bond motifs is 1. The molecule has 4 heteroatoms. The monoisotopic (exact) mass is 364 g/mol. The van der Waals surface area contributed by atoms with E-state index in [-0.39, 0.29) is 6.61 Å². The second-order valence-electron chi connectivity index (χ2n) is 7.34. The highest BCUT2D eigenvalue weighted by Crippen LogP contribution is 2.27. The number of hydrogen-bond donors (Lipinski definition) is 0. The van der Waals surface area contributed by atoms with Gasteiger partial charge in [-0.15, -0.1) is 0 Å². The van der Waals surface area contributed by atoms with Crippen molar-refractivity contribution in [3.63, 3.8) is 0 Å². The smallest absolute Gasteiger partial charge is 0.338 e. The predicted molar refractivity (Wildman–Crippen MR) is 106 cm³/mol. The van der Waals surface area contributed by atoms with E-state index < -0.39 is 11.6 Å². The lowest BCUT2D eigenvalue weighted by molar-refractivity contribution is 0.0473. The van der Waals surface area contributed by atoms with Gasteiger partial charge in [-0.3, -0.25) is 0 Å². The number of esters is 1. The molecule has 0 saturated carbocycles. The number of hydrogen-bond acceptors (Lipinski definition) is 4. The number of carbonyl (C=O) groups is 1. The SMILES string of the molecule is Cc1ccc(C(=O)OCc2cc(=O)oc3cc(C)c(C(C)C)cc23)c(C)c1. The highest BCUT2D eigenvalue weighted by molar-refractivity contribution is 5.91. The topological polar surface area (TPSA) is 56.5 Å².